The number of hydrogen-bond acceptors (Lipinski definition) is 6. The summed E-state index contributed by atoms with van der Waals surface area (Å²) >= 11 is 24.3. The van der Waals surface area contributed by atoms with Gasteiger partial charge in [0, 0.05) is 10.7 Å². The lowest BCUT2D eigenvalue weighted by atomic mass is 10.2. The van der Waals surface area contributed by atoms with Crippen LogP contribution in [0, 0.1) is 6.92 Å². The fourth-order valence-electron chi connectivity index (χ4n) is 2.96. The minimum atomic E-state index is -1.05. The smallest absolute Gasteiger partial charge is 0.329 e. The van der Waals surface area contributed by atoms with Crippen LogP contribution in [0.3, 0.4) is 0 Å². The summed E-state index contributed by atoms with van der Waals surface area (Å²) in [6, 6.07) is 12.7. The molecule has 0 spiro atoms. The molecule has 3 amide bonds. The van der Waals surface area contributed by atoms with E-state index in [9.17, 15) is 14.4 Å². The zero-order chi connectivity index (χ0) is 27.8. The first-order valence-electron chi connectivity index (χ1n) is 10.7. The summed E-state index contributed by atoms with van der Waals surface area (Å²) in [5.41, 5.74) is 4.08. The highest BCUT2D eigenvalue weighted by molar-refractivity contribution is 6.45. The Morgan fingerprint density at radius 2 is 1.68 bits per heavy atom. The molecule has 0 saturated carbocycles. The molecule has 13 heteroatoms. The molecule has 0 bridgehead atoms. The van der Waals surface area contributed by atoms with E-state index in [0.717, 1.165) is 5.56 Å². The first-order chi connectivity index (χ1) is 18.1. The predicted octanol–water partition coefficient (Wildman–Crippen LogP) is 5.72. The molecule has 3 aromatic rings. The number of amides is 3. The number of hydrogen-bond donors (Lipinski definition) is 3. The maximum atomic E-state index is 12.3. The minimum Gasteiger partial charge on any atom is -0.493 e. The van der Waals surface area contributed by atoms with Crippen molar-refractivity contribution in [3.63, 3.8) is 0 Å². The summed E-state index contributed by atoms with van der Waals surface area (Å²) in [7, 11) is 1.39. The molecule has 3 N–H and O–H groups in total. The largest absolute Gasteiger partial charge is 0.493 e. The van der Waals surface area contributed by atoms with E-state index in [-0.39, 0.29) is 38.9 Å². The van der Waals surface area contributed by atoms with Gasteiger partial charge in [0.15, 0.2) is 18.1 Å². The van der Waals surface area contributed by atoms with Crippen molar-refractivity contribution in [2.24, 2.45) is 5.10 Å². The molecule has 0 heterocycles. The van der Waals surface area contributed by atoms with Crippen LogP contribution in [0.2, 0.25) is 20.1 Å². The van der Waals surface area contributed by atoms with Crippen molar-refractivity contribution in [2.75, 3.05) is 24.4 Å². The normalized spacial score (nSPS) is 10.7. The minimum absolute atomic E-state index is 0.0971. The number of carbonyl (C=O) groups is 3. The number of nitrogens with zero attached hydrogens (tertiary/aromatic N) is 1. The summed E-state index contributed by atoms with van der Waals surface area (Å²) in [6.45, 7) is 1.50. The van der Waals surface area contributed by atoms with Crippen LogP contribution >= 0.6 is 46.4 Å². The van der Waals surface area contributed by atoms with Crippen LogP contribution in [0.1, 0.15) is 11.1 Å². The van der Waals surface area contributed by atoms with E-state index in [0.29, 0.717) is 16.3 Å². The van der Waals surface area contributed by atoms with Gasteiger partial charge in [0.05, 0.1) is 34.1 Å². The first-order valence-corrected chi connectivity index (χ1v) is 12.2. The molecule has 3 aromatic carbocycles. The third-order valence-electron chi connectivity index (χ3n) is 4.84. The summed E-state index contributed by atoms with van der Waals surface area (Å²) in [5, 5.41) is 9.73. The number of methoxy groups -OCH3 is 1. The van der Waals surface area contributed by atoms with Gasteiger partial charge in [0.2, 0.25) is 0 Å². The Hall–Kier alpha value is -3.50. The van der Waals surface area contributed by atoms with E-state index < -0.39 is 17.7 Å². The average Bonchev–Trinajstić information content (AvgIpc) is 2.87. The molecule has 0 aliphatic carbocycles. The van der Waals surface area contributed by atoms with Crippen molar-refractivity contribution in [3.05, 3.63) is 79.7 Å². The Morgan fingerprint density at radius 3 is 2.39 bits per heavy atom. The Balaban J connectivity index is 1.59. The molecule has 0 aliphatic rings. The van der Waals surface area contributed by atoms with Gasteiger partial charge < -0.3 is 20.1 Å². The van der Waals surface area contributed by atoms with Gasteiger partial charge in [0.25, 0.3) is 5.91 Å². The fraction of sp³-hybridized carbons (Fsp3) is 0.120. The van der Waals surface area contributed by atoms with Gasteiger partial charge in [0.1, 0.15) is 0 Å². The Morgan fingerprint density at radius 1 is 0.921 bits per heavy atom. The number of ether oxygens (including phenoxy) is 2. The molecule has 0 saturated heterocycles. The zero-order valence-electron chi connectivity index (χ0n) is 19.9. The van der Waals surface area contributed by atoms with Crippen LogP contribution in [-0.4, -0.2) is 37.7 Å². The van der Waals surface area contributed by atoms with E-state index in [1.165, 1.54) is 37.6 Å². The monoisotopic (exact) mass is 596 g/mol. The highest BCUT2D eigenvalue weighted by Crippen LogP contribution is 2.36. The van der Waals surface area contributed by atoms with Crippen LogP contribution in [0.4, 0.5) is 11.4 Å². The lowest BCUT2D eigenvalue weighted by molar-refractivity contribution is -0.136. The van der Waals surface area contributed by atoms with Crippen LogP contribution < -0.4 is 25.5 Å². The van der Waals surface area contributed by atoms with Crippen LogP contribution in [-0.2, 0) is 14.4 Å². The SMILES string of the molecule is COc1cc(/C=N\NC(=O)C(=O)Nc2cccc(Cl)c2Cl)cc(Cl)c1OCC(=O)Nc1ccc(C)c(Cl)c1. The molecular weight excluding hydrogens is 578 g/mol. The number of halogens is 4. The third-order valence-corrected chi connectivity index (χ3v) is 6.35. The van der Waals surface area contributed by atoms with Crippen molar-refractivity contribution >= 4 is 81.7 Å². The van der Waals surface area contributed by atoms with Crippen LogP contribution in [0.15, 0.2) is 53.6 Å². The molecule has 0 aromatic heterocycles. The fourth-order valence-corrected chi connectivity index (χ4v) is 3.76. The molecule has 0 unspecified atom stereocenters. The second kappa shape index (κ2) is 13.3. The summed E-state index contributed by atoms with van der Waals surface area (Å²) in [4.78, 5) is 36.5. The standard InChI is InChI=1S/C25H20Cl4N4O5/c1-13-6-7-15(10-17(13)27)31-21(34)12-38-23-18(28)8-14(9-20(23)37-2)11-30-33-25(36)24(35)32-19-5-3-4-16(26)22(19)29/h3-11H,12H2,1-2H3,(H,31,34)(H,32,35)(H,33,36)/b30-11-. The molecule has 3 rings (SSSR count). The summed E-state index contributed by atoms with van der Waals surface area (Å²) < 4.78 is 10.9. The maximum Gasteiger partial charge on any atom is 0.329 e. The second-order valence-electron chi connectivity index (χ2n) is 7.59. The average molecular weight is 598 g/mol. The van der Waals surface area contributed by atoms with Gasteiger partial charge in [-0.15, -0.1) is 0 Å². The molecule has 0 fully saturated rings. The molecule has 0 aliphatic heterocycles. The van der Waals surface area contributed by atoms with E-state index >= 15 is 0 Å². The van der Waals surface area contributed by atoms with E-state index in [2.05, 4.69) is 21.2 Å². The van der Waals surface area contributed by atoms with Gasteiger partial charge in [-0.1, -0.05) is 58.5 Å². The van der Waals surface area contributed by atoms with Gasteiger partial charge >= 0.3 is 11.8 Å². The van der Waals surface area contributed by atoms with Gasteiger partial charge in [-0.25, -0.2) is 5.43 Å². The third kappa shape index (κ3) is 7.75. The van der Waals surface area contributed by atoms with Crippen LogP contribution in [0.25, 0.3) is 0 Å². The Kier molecular flexibility index (Phi) is 10.2. The molecular formula is C25H20Cl4N4O5. The second-order valence-corrected chi connectivity index (χ2v) is 9.19. The Labute approximate surface area is 238 Å². The summed E-state index contributed by atoms with van der Waals surface area (Å²) in [5.74, 6) is -2.14. The molecule has 38 heavy (non-hydrogen) atoms. The molecule has 9 nitrogen and oxygen atoms in total. The summed E-state index contributed by atoms with van der Waals surface area (Å²) in [6.07, 6.45) is 1.24. The van der Waals surface area contributed by atoms with Crippen LogP contribution in [0.5, 0.6) is 11.5 Å². The van der Waals surface area contributed by atoms with E-state index in [1.54, 1.807) is 24.3 Å². The van der Waals surface area contributed by atoms with Crippen molar-refractivity contribution in [3.8, 4) is 11.5 Å². The zero-order valence-corrected chi connectivity index (χ0v) is 22.9. The number of benzene rings is 3. The predicted molar refractivity (Wildman–Crippen MR) is 149 cm³/mol. The van der Waals surface area contributed by atoms with E-state index in [4.69, 9.17) is 55.9 Å². The van der Waals surface area contributed by atoms with Gasteiger partial charge in [-0.3, -0.25) is 14.4 Å². The van der Waals surface area contributed by atoms with Crippen molar-refractivity contribution in [2.45, 2.75) is 6.92 Å². The lowest BCUT2D eigenvalue weighted by Crippen LogP contribution is -2.32. The van der Waals surface area contributed by atoms with Gasteiger partial charge in [-0.2, -0.15) is 5.10 Å². The van der Waals surface area contributed by atoms with Crippen molar-refractivity contribution in [1.82, 2.24) is 5.43 Å². The highest BCUT2D eigenvalue weighted by atomic mass is 35.5. The quantitative estimate of drug-likeness (QED) is 0.174. The molecule has 198 valence electrons. The molecule has 0 atom stereocenters. The van der Waals surface area contributed by atoms with Crippen molar-refractivity contribution < 1.29 is 23.9 Å². The number of anilines is 2. The number of aryl methyl sites for hydroxylation is 1. The Bertz CT molecular complexity index is 1410. The maximum absolute atomic E-state index is 12.3. The van der Waals surface area contributed by atoms with Gasteiger partial charge in [-0.05, 0) is 54.4 Å². The van der Waals surface area contributed by atoms with E-state index in [1.807, 2.05) is 6.92 Å². The lowest BCUT2D eigenvalue weighted by Gasteiger charge is -2.13. The first kappa shape index (κ1) is 29.1. The number of carbonyl (C=O) groups excluding carboxylic acids is 3. The van der Waals surface area contributed by atoms with Crippen molar-refractivity contribution in [1.29, 1.82) is 0 Å². The molecule has 0 radical (unpaired) electrons. The number of hydrazone groups is 1. The highest BCUT2D eigenvalue weighted by Gasteiger charge is 2.16. The number of nitrogens with one attached hydrogen (secondary N) is 3. The topological polar surface area (TPSA) is 118 Å². The number of rotatable bonds is 8.